The van der Waals surface area contributed by atoms with Gasteiger partial charge in [0.15, 0.2) is 0 Å². The van der Waals surface area contributed by atoms with Crippen molar-refractivity contribution in [1.29, 1.82) is 0 Å². The van der Waals surface area contributed by atoms with Gasteiger partial charge in [0.2, 0.25) is 0 Å². The zero-order chi connectivity index (χ0) is 14.2. The molecule has 4 heteroatoms. The van der Waals surface area contributed by atoms with Crippen LogP contribution in [0, 0.1) is 23.7 Å². The zero-order valence-electron chi connectivity index (χ0n) is 11.5. The molecule has 1 saturated heterocycles. The third kappa shape index (κ3) is 3.17. The highest BCUT2D eigenvalue weighted by Crippen LogP contribution is 2.55. The summed E-state index contributed by atoms with van der Waals surface area (Å²) in [5, 5.41) is 0. The Labute approximate surface area is 113 Å². The van der Waals surface area contributed by atoms with E-state index >= 15 is 0 Å². The smallest absolute Gasteiger partial charge is 0.387 e. The standard InChI is InChI=1S/C15H21F2NO/c1-9(2)14-12-7-18(8-13(12)14)10(3)5-6-11(4)19-15(16)17/h5-6,9,12-15H,3-4,7-8H2,1-2H3/b6-5-. The summed E-state index contributed by atoms with van der Waals surface area (Å²) in [6, 6.07) is 0. The molecular weight excluding hydrogens is 248 g/mol. The summed E-state index contributed by atoms with van der Waals surface area (Å²) in [6.45, 7) is 11.1. The number of likely N-dealkylation sites (tertiary alicyclic amines) is 1. The van der Waals surface area contributed by atoms with Crippen molar-refractivity contribution in [2.75, 3.05) is 13.1 Å². The molecule has 0 spiro atoms. The van der Waals surface area contributed by atoms with Gasteiger partial charge in [0.05, 0.1) is 0 Å². The van der Waals surface area contributed by atoms with Gasteiger partial charge >= 0.3 is 6.61 Å². The van der Waals surface area contributed by atoms with E-state index in [4.69, 9.17) is 0 Å². The molecule has 2 atom stereocenters. The maximum Gasteiger partial charge on any atom is 0.387 e. The zero-order valence-corrected chi connectivity index (χ0v) is 11.5. The van der Waals surface area contributed by atoms with Crippen LogP contribution in [0.25, 0.3) is 0 Å². The lowest BCUT2D eigenvalue weighted by atomic mass is 10.0. The molecule has 0 aromatic carbocycles. The maximum absolute atomic E-state index is 11.9. The van der Waals surface area contributed by atoms with Gasteiger partial charge in [-0.25, -0.2) is 0 Å². The molecule has 1 heterocycles. The molecule has 0 aromatic heterocycles. The van der Waals surface area contributed by atoms with Crippen molar-refractivity contribution >= 4 is 0 Å². The minimum Gasteiger partial charge on any atom is -0.435 e. The number of rotatable bonds is 6. The van der Waals surface area contributed by atoms with Gasteiger partial charge in [-0.1, -0.05) is 27.0 Å². The molecule has 0 bridgehead atoms. The Kier molecular flexibility index (Phi) is 3.97. The summed E-state index contributed by atoms with van der Waals surface area (Å²) in [6.07, 6.45) is 3.14. The van der Waals surface area contributed by atoms with Crippen molar-refractivity contribution in [2.45, 2.75) is 20.5 Å². The van der Waals surface area contributed by atoms with Gasteiger partial charge in [-0.05, 0) is 35.8 Å². The average Bonchev–Trinajstić information content (AvgIpc) is 2.82. The highest BCUT2D eigenvalue weighted by molar-refractivity contribution is 5.23. The third-order valence-electron chi connectivity index (χ3n) is 4.14. The fourth-order valence-electron chi connectivity index (χ4n) is 3.24. The lowest BCUT2D eigenvalue weighted by Gasteiger charge is -2.23. The van der Waals surface area contributed by atoms with E-state index in [1.54, 1.807) is 6.08 Å². The number of nitrogens with zero attached hydrogens (tertiary/aromatic N) is 1. The van der Waals surface area contributed by atoms with Crippen molar-refractivity contribution < 1.29 is 13.5 Å². The largest absolute Gasteiger partial charge is 0.435 e. The van der Waals surface area contributed by atoms with Crippen LogP contribution in [0.2, 0.25) is 0 Å². The number of fused-ring (bicyclic) bond motifs is 1. The Balaban J connectivity index is 1.78. The fourth-order valence-corrected chi connectivity index (χ4v) is 3.24. The van der Waals surface area contributed by atoms with Crippen molar-refractivity contribution in [3.8, 4) is 0 Å². The summed E-state index contributed by atoms with van der Waals surface area (Å²) in [4.78, 5) is 2.21. The summed E-state index contributed by atoms with van der Waals surface area (Å²) >= 11 is 0. The van der Waals surface area contributed by atoms with Gasteiger partial charge in [-0.2, -0.15) is 8.78 Å². The van der Waals surface area contributed by atoms with Crippen LogP contribution in [0.1, 0.15) is 13.8 Å². The molecular formula is C15H21F2NO. The Morgan fingerprint density at radius 3 is 2.26 bits per heavy atom. The third-order valence-corrected chi connectivity index (χ3v) is 4.14. The Morgan fingerprint density at radius 2 is 1.79 bits per heavy atom. The van der Waals surface area contributed by atoms with Gasteiger partial charge in [0.1, 0.15) is 5.76 Å². The first kappa shape index (κ1) is 14.1. The number of piperidine rings is 1. The van der Waals surface area contributed by atoms with Crippen molar-refractivity contribution in [2.24, 2.45) is 23.7 Å². The van der Waals surface area contributed by atoms with Crippen molar-refractivity contribution in [3.05, 3.63) is 36.8 Å². The van der Waals surface area contributed by atoms with E-state index in [2.05, 4.69) is 36.6 Å². The number of hydrogen-bond donors (Lipinski definition) is 0. The average molecular weight is 269 g/mol. The number of allylic oxidation sites excluding steroid dienone is 2. The van der Waals surface area contributed by atoms with Crippen LogP contribution in [-0.2, 0) is 4.74 Å². The van der Waals surface area contributed by atoms with Gasteiger partial charge in [-0.15, -0.1) is 0 Å². The van der Waals surface area contributed by atoms with E-state index in [0.717, 1.165) is 42.5 Å². The molecule has 1 saturated carbocycles. The first-order chi connectivity index (χ1) is 8.90. The second kappa shape index (κ2) is 5.35. The first-order valence-electron chi connectivity index (χ1n) is 6.65. The SMILES string of the molecule is C=C(/C=C\C(=C)N1CC2C(C1)C2C(C)C)OC(F)F. The molecule has 0 aromatic rings. The second-order valence-corrected chi connectivity index (χ2v) is 5.72. The monoisotopic (exact) mass is 269 g/mol. The predicted octanol–water partition coefficient (Wildman–Crippen LogP) is 3.64. The number of alkyl halides is 2. The first-order valence-corrected chi connectivity index (χ1v) is 6.65. The van der Waals surface area contributed by atoms with Crippen LogP contribution in [0.15, 0.2) is 36.8 Å². The quantitative estimate of drug-likeness (QED) is 0.539. The minimum atomic E-state index is -2.82. The molecule has 0 N–H and O–H groups in total. The van der Waals surface area contributed by atoms with E-state index in [1.807, 2.05) is 0 Å². The Morgan fingerprint density at radius 1 is 1.21 bits per heavy atom. The molecule has 2 unspecified atom stereocenters. The van der Waals surface area contributed by atoms with E-state index in [0.29, 0.717) is 0 Å². The van der Waals surface area contributed by atoms with Crippen LogP contribution in [-0.4, -0.2) is 24.6 Å². The van der Waals surface area contributed by atoms with Crippen LogP contribution in [0.4, 0.5) is 8.78 Å². The van der Waals surface area contributed by atoms with Crippen LogP contribution >= 0.6 is 0 Å². The molecule has 2 aliphatic rings. The number of ether oxygens (including phenoxy) is 1. The van der Waals surface area contributed by atoms with E-state index in [9.17, 15) is 8.78 Å². The topological polar surface area (TPSA) is 12.5 Å². The number of halogens is 2. The maximum atomic E-state index is 11.9. The Hall–Kier alpha value is -1.32. The molecule has 19 heavy (non-hydrogen) atoms. The summed E-state index contributed by atoms with van der Waals surface area (Å²) in [7, 11) is 0. The molecule has 2 fully saturated rings. The molecule has 2 nitrogen and oxygen atoms in total. The van der Waals surface area contributed by atoms with Crippen molar-refractivity contribution in [3.63, 3.8) is 0 Å². The fraction of sp³-hybridized carbons (Fsp3) is 0.600. The van der Waals surface area contributed by atoms with Gasteiger partial charge in [-0.3, -0.25) is 0 Å². The predicted molar refractivity (Wildman–Crippen MR) is 71.4 cm³/mol. The number of hydrogen-bond acceptors (Lipinski definition) is 2. The highest BCUT2D eigenvalue weighted by atomic mass is 19.3. The summed E-state index contributed by atoms with van der Waals surface area (Å²) in [5.74, 6) is 3.13. The molecule has 0 amide bonds. The van der Waals surface area contributed by atoms with Gasteiger partial charge in [0.25, 0.3) is 0 Å². The second-order valence-electron chi connectivity index (χ2n) is 5.72. The van der Waals surface area contributed by atoms with Gasteiger partial charge in [0, 0.05) is 18.8 Å². The summed E-state index contributed by atoms with van der Waals surface area (Å²) < 4.78 is 28.0. The molecule has 1 aliphatic heterocycles. The lowest BCUT2D eigenvalue weighted by Crippen LogP contribution is -2.23. The molecule has 106 valence electrons. The molecule has 0 radical (unpaired) electrons. The van der Waals surface area contributed by atoms with Crippen LogP contribution in [0.5, 0.6) is 0 Å². The van der Waals surface area contributed by atoms with Crippen LogP contribution < -0.4 is 0 Å². The summed E-state index contributed by atoms with van der Waals surface area (Å²) in [5.41, 5.74) is 0.841. The van der Waals surface area contributed by atoms with E-state index in [-0.39, 0.29) is 5.76 Å². The lowest BCUT2D eigenvalue weighted by molar-refractivity contribution is -0.0915. The molecule has 2 rings (SSSR count). The molecule has 1 aliphatic carbocycles. The Bertz CT molecular complexity index is 391. The normalized spacial score (nSPS) is 29.2. The minimum absolute atomic E-state index is 0.0411. The van der Waals surface area contributed by atoms with E-state index < -0.39 is 6.61 Å². The van der Waals surface area contributed by atoms with E-state index in [1.165, 1.54) is 6.08 Å². The van der Waals surface area contributed by atoms with Crippen LogP contribution in [0.3, 0.4) is 0 Å². The highest BCUT2D eigenvalue weighted by Gasteiger charge is 2.56. The van der Waals surface area contributed by atoms with Gasteiger partial charge < -0.3 is 9.64 Å². The van der Waals surface area contributed by atoms with Crippen molar-refractivity contribution in [1.82, 2.24) is 4.90 Å².